The van der Waals surface area contributed by atoms with Crippen molar-refractivity contribution in [2.24, 2.45) is 34.5 Å². The Morgan fingerprint density at radius 1 is 1.07 bits per heavy atom. The third-order valence-corrected chi connectivity index (χ3v) is 8.77. The molecule has 4 rings (SSSR count). The molecule has 0 aromatic carbocycles. The van der Waals surface area contributed by atoms with Gasteiger partial charge in [0.15, 0.2) is 11.6 Å². The van der Waals surface area contributed by atoms with Crippen LogP contribution < -0.4 is 0 Å². The van der Waals surface area contributed by atoms with E-state index in [1.807, 2.05) is 6.08 Å². The summed E-state index contributed by atoms with van der Waals surface area (Å²) in [5, 5.41) is 0. The first-order valence-corrected chi connectivity index (χ1v) is 10.7. The van der Waals surface area contributed by atoms with Crippen LogP contribution in [0.4, 0.5) is 0 Å². The fraction of sp³-hybridized carbons (Fsp3) is 0.783. The summed E-state index contributed by atoms with van der Waals surface area (Å²) in [4.78, 5) is 35.8. The quantitative estimate of drug-likeness (QED) is 0.694. The number of carbonyl (C=O) groups is 3. The molecule has 0 unspecified atom stereocenters. The molecule has 4 aliphatic carbocycles. The third-order valence-electron chi connectivity index (χ3n) is 8.77. The number of allylic oxidation sites excluding steroid dienone is 1. The van der Waals surface area contributed by atoms with Crippen LogP contribution in [0.15, 0.2) is 11.6 Å². The Hall–Kier alpha value is -1.45. The molecule has 0 aromatic heterocycles. The minimum Gasteiger partial charge on any atom is -0.458 e. The van der Waals surface area contributed by atoms with Gasteiger partial charge in [0.25, 0.3) is 0 Å². The fourth-order valence-electron chi connectivity index (χ4n) is 7.36. The average molecular weight is 373 g/mol. The number of rotatable bonds is 3. The van der Waals surface area contributed by atoms with Gasteiger partial charge in [0.1, 0.15) is 6.61 Å². The highest BCUT2D eigenvalue weighted by molar-refractivity contribution is 5.91. The lowest BCUT2D eigenvalue weighted by atomic mass is 9.46. The molecule has 0 aromatic rings. The van der Waals surface area contributed by atoms with E-state index in [9.17, 15) is 14.4 Å². The Bertz CT molecular complexity index is 707. The summed E-state index contributed by atoms with van der Waals surface area (Å²) in [7, 11) is 0. The predicted octanol–water partition coefficient (Wildman–Crippen LogP) is 4.27. The van der Waals surface area contributed by atoms with Gasteiger partial charge in [0, 0.05) is 19.3 Å². The van der Waals surface area contributed by atoms with Crippen LogP contribution in [0, 0.1) is 34.5 Å². The van der Waals surface area contributed by atoms with Crippen LogP contribution in [0.2, 0.25) is 0 Å². The molecule has 0 bridgehead atoms. The molecule has 0 N–H and O–H groups in total. The van der Waals surface area contributed by atoms with Gasteiger partial charge in [-0.25, -0.2) is 0 Å². The third kappa shape index (κ3) is 2.91. The smallest absolute Gasteiger partial charge is 0.303 e. The van der Waals surface area contributed by atoms with E-state index in [0.717, 1.165) is 44.9 Å². The number of ketones is 2. The lowest BCUT2D eigenvalue weighted by Crippen LogP contribution is -2.51. The Morgan fingerprint density at radius 2 is 1.85 bits per heavy atom. The first kappa shape index (κ1) is 18.9. The molecule has 6 atom stereocenters. The van der Waals surface area contributed by atoms with Crippen molar-refractivity contribution >= 4 is 17.5 Å². The van der Waals surface area contributed by atoms with Gasteiger partial charge in [-0.05, 0) is 79.6 Å². The second-order valence-corrected chi connectivity index (χ2v) is 9.89. The van der Waals surface area contributed by atoms with Gasteiger partial charge in [-0.2, -0.15) is 0 Å². The Kier molecular flexibility index (Phi) is 4.59. The van der Waals surface area contributed by atoms with Crippen LogP contribution in [-0.4, -0.2) is 24.1 Å². The highest BCUT2D eigenvalue weighted by atomic mass is 16.5. The standard InChI is InChI=1S/C23H32O4/c1-14(24)27-13-21(26)20-7-6-18-17-5-4-15-12-16(25)8-10-22(15,2)19(17)9-11-23(18,20)3/h12,17-20H,4-11,13H2,1-3H3/t17-,18+,19+,20-,22+,23+/m1/s1. The van der Waals surface area contributed by atoms with Crippen molar-refractivity contribution in [3.05, 3.63) is 11.6 Å². The van der Waals surface area contributed by atoms with Gasteiger partial charge >= 0.3 is 5.97 Å². The average Bonchev–Trinajstić information content (AvgIpc) is 2.97. The van der Waals surface area contributed by atoms with Crippen LogP contribution in [0.25, 0.3) is 0 Å². The number of fused-ring (bicyclic) bond motifs is 5. The number of esters is 1. The molecule has 4 aliphatic rings. The van der Waals surface area contributed by atoms with Gasteiger partial charge in [0.05, 0.1) is 0 Å². The first-order chi connectivity index (χ1) is 12.8. The predicted molar refractivity (Wildman–Crippen MR) is 102 cm³/mol. The molecule has 27 heavy (non-hydrogen) atoms. The molecule has 0 spiro atoms. The van der Waals surface area contributed by atoms with Gasteiger partial charge in [0.2, 0.25) is 0 Å². The highest BCUT2D eigenvalue weighted by Crippen LogP contribution is 2.66. The van der Waals surface area contributed by atoms with Crippen molar-refractivity contribution in [1.82, 2.24) is 0 Å². The maximum atomic E-state index is 12.8. The highest BCUT2D eigenvalue weighted by Gasteiger charge is 2.60. The van der Waals surface area contributed by atoms with Crippen LogP contribution in [-0.2, 0) is 19.1 Å². The van der Waals surface area contributed by atoms with E-state index in [4.69, 9.17) is 4.74 Å². The number of hydrogen-bond donors (Lipinski definition) is 0. The molecule has 0 heterocycles. The molecule has 3 saturated carbocycles. The zero-order valence-corrected chi connectivity index (χ0v) is 16.9. The van der Waals surface area contributed by atoms with Crippen molar-refractivity contribution in [1.29, 1.82) is 0 Å². The van der Waals surface area contributed by atoms with E-state index in [1.54, 1.807) is 0 Å². The molecular weight excluding hydrogens is 340 g/mol. The second kappa shape index (κ2) is 6.56. The maximum Gasteiger partial charge on any atom is 0.303 e. The fourth-order valence-corrected chi connectivity index (χ4v) is 7.36. The van der Waals surface area contributed by atoms with Gasteiger partial charge in [-0.3, -0.25) is 14.4 Å². The summed E-state index contributed by atoms with van der Waals surface area (Å²) >= 11 is 0. The van der Waals surface area contributed by atoms with Gasteiger partial charge in [-0.1, -0.05) is 19.4 Å². The largest absolute Gasteiger partial charge is 0.458 e. The normalized spacial score (nSPS) is 43.2. The topological polar surface area (TPSA) is 60.4 Å². The lowest BCUT2D eigenvalue weighted by Gasteiger charge is -2.58. The summed E-state index contributed by atoms with van der Waals surface area (Å²) in [6.07, 6.45) is 10.1. The Morgan fingerprint density at radius 3 is 2.59 bits per heavy atom. The molecule has 0 amide bonds. The van der Waals surface area contributed by atoms with Crippen molar-refractivity contribution in [2.75, 3.05) is 6.61 Å². The Labute approximate surface area is 162 Å². The SMILES string of the molecule is CC(=O)OCC(=O)[C@H]1CC[C@H]2[C@H]3CCC4=CC(=O)CC[C@]4(C)[C@H]3CC[C@]12C. The van der Waals surface area contributed by atoms with Gasteiger partial charge < -0.3 is 4.74 Å². The van der Waals surface area contributed by atoms with Crippen LogP contribution >= 0.6 is 0 Å². The lowest BCUT2D eigenvalue weighted by molar-refractivity contribution is -0.149. The van der Waals surface area contributed by atoms with Crippen molar-refractivity contribution in [3.8, 4) is 0 Å². The molecule has 3 fully saturated rings. The van der Waals surface area contributed by atoms with E-state index in [2.05, 4.69) is 13.8 Å². The van der Waals surface area contributed by atoms with Crippen molar-refractivity contribution in [3.63, 3.8) is 0 Å². The molecule has 4 heteroatoms. The van der Waals surface area contributed by atoms with E-state index >= 15 is 0 Å². The van der Waals surface area contributed by atoms with E-state index < -0.39 is 0 Å². The summed E-state index contributed by atoms with van der Waals surface area (Å²) in [5.41, 5.74) is 1.61. The van der Waals surface area contributed by atoms with Crippen molar-refractivity contribution < 1.29 is 19.1 Å². The number of hydrogen-bond acceptors (Lipinski definition) is 4. The zero-order chi connectivity index (χ0) is 19.4. The van der Waals surface area contributed by atoms with Crippen LogP contribution in [0.1, 0.15) is 72.1 Å². The molecule has 4 nitrogen and oxygen atoms in total. The number of ether oxygens (including phenoxy) is 1. The maximum absolute atomic E-state index is 12.8. The number of carbonyl (C=O) groups excluding carboxylic acids is 3. The minimum atomic E-state index is -0.377. The minimum absolute atomic E-state index is 0.0282. The van der Waals surface area contributed by atoms with E-state index in [1.165, 1.54) is 12.5 Å². The monoisotopic (exact) mass is 372 g/mol. The first-order valence-electron chi connectivity index (χ1n) is 10.7. The molecule has 148 valence electrons. The summed E-state index contributed by atoms with van der Waals surface area (Å²) < 4.78 is 5.02. The van der Waals surface area contributed by atoms with E-state index in [-0.39, 0.29) is 35.1 Å². The summed E-state index contributed by atoms with van der Waals surface area (Å²) in [6, 6.07) is 0. The van der Waals surface area contributed by atoms with E-state index in [0.29, 0.717) is 30.0 Å². The second-order valence-electron chi connectivity index (χ2n) is 9.89. The van der Waals surface area contributed by atoms with Gasteiger partial charge in [-0.15, -0.1) is 0 Å². The zero-order valence-electron chi connectivity index (χ0n) is 16.9. The molecular formula is C23H32O4. The number of Topliss-reactive ketones (excluding diaryl/α,β-unsaturated/α-hetero) is 1. The molecule has 0 saturated heterocycles. The van der Waals surface area contributed by atoms with Crippen LogP contribution in [0.3, 0.4) is 0 Å². The van der Waals surface area contributed by atoms with Crippen LogP contribution in [0.5, 0.6) is 0 Å². The van der Waals surface area contributed by atoms with Crippen molar-refractivity contribution in [2.45, 2.75) is 72.1 Å². The molecule has 0 aliphatic heterocycles. The summed E-state index contributed by atoms with van der Waals surface area (Å²) in [5.74, 6) is 1.95. The Balaban J connectivity index is 1.56. The molecule has 0 radical (unpaired) electrons. The summed E-state index contributed by atoms with van der Waals surface area (Å²) in [6.45, 7) is 6.00.